The van der Waals surface area contributed by atoms with E-state index in [1.54, 1.807) is 12.1 Å². The summed E-state index contributed by atoms with van der Waals surface area (Å²) in [5.41, 5.74) is 2.30. The number of nitrogens with zero attached hydrogens (tertiary/aromatic N) is 3. The van der Waals surface area contributed by atoms with Gasteiger partial charge in [-0.2, -0.15) is 0 Å². The van der Waals surface area contributed by atoms with Gasteiger partial charge in [-0.05, 0) is 36.8 Å². The predicted octanol–water partition coefficient (Wildman–Crippen LogP) is 2.71. The fraction of sp³-hybridized carbons (Fsp3) is 0.167. The molecule has 0 saturated heterocycles. The van der Waals surface area contributed by atoms with Gasteiger partial charge < -0.3 is 10.4 Å². The lowest BCUT2D eigenvalue weighted by Gasteiger charge is -2.10. The van der Waals surface area contributed by atoms with E-state index >= 15 is 0 Å². The van der Waals surface area contributed by atoms with Crippen molar-refractivity contribution in [3.05, 3.63) is 77.6 Å². The van der Waals surface area contributed by atoms with E-state index < -0.39 is 12.0 Å². The van der Waals surface area contributed by atoms with Gasteiger partial charge in [0.2, 0.25) is 5.82 Å². The second-order valence-electron chi connectivity index (χ2n) is 5.68. The van der Waals surface area contributed by atoms with Crippen LogP contribution in [0.1, 0.15) is 27.8 Å². The maximum Gasteiger partial charge on any atom is 0.295 e. The van der Waals surface area contributed by atoms with E-state index in [-0.39, 0.29) is 18.2 Å². The van der Waals surface area contributed by atoms with Crippen LogP contribution in [0.25, 0.3) is 0 Å². The van der Waals surface area contributed by atoms with Crippen LogP contribution < -0.4 is 5.32 Å². The number of carbonyl (C=O) groups excluding carboxylic acids is 1. The number of aliphatic hydroxyl groups is 1. The molecule has 1 aromatic heterocycles. The van der Waals surface area contributed by atoms with Crippen LogP contribution in [-0.4, -0.2) is 25.8 Å². The number of benzene rings is 2. The van der Waals surface area contributed by atoms with Gasteiger partial charge in [0.1, 0.15) is 12.1 Å². The molecule has 0 aliphatic heterocycles. The minimum atomic E-state index is -0.879. The molecule has 2 N–H and O–H groups in total. The van der Waals surface area contributed by atoms with Gasteiger partial charge in [-0.25, -0.2) is 14.1 Å². The van der Waals surface area contributed by atoms with Crippen molar-refractivity contribution in [2.75, 3.05) is 5.32 Å². The Labute approximate surface area is 144 Å². The van der Waals surface area contributed by atoms with Gasteiger partial charge >= 0.3 is 0 Å². The second kappa shape index (κ2) is 7.23. The molecule has 1 heterocycles. The lowest BCUT2D eigenvalue weighted by molar-refractivity contribution is 0.101. The molecular weight excluding hydrogens is 323 g/mol. The smallest absolute Gasteiger partial charge is 0.295 e. The quantitative estimate of drug-likeness (QED) is 0.748. The summed E-state index contributed by atoms with van der Waals surface area (Å²) < 4.78 is 14.3. The Morgan fingerprint density at radius 3 is 2.56 bits per heavy atom. The number of rotatable bonds is 5. The van der Waals surface area contributed by atoms with Crippen molar-refractivity contribution < 1.29 is 14.3 Å². The first kappa shape index (κ1) is 16.8. The predicted molar refractivity (Wildman–Crippen MR) is 90.5 cm³/mol. The Morgan fingerprint density at radius 1 is 1.20 bits per heavy atom. The van der Waals surface area contributed by atoms with Crippen LogP contribution in [0.2, 0.25) is 0 Å². The molecule has 128 valence electrons. The summed E-state index contributed by atoms with van der Waals surface area (Å²) in [6.45, 7) is 2.07. The Kier molecular flexibility index (Phi) is 4.85. The largest absolute Gasteiger partial charge is 0.386 e. The van der Waals surface area contributed by atoms with Crippen LogP contribution in [0.3, 0.4) is 0 Å². The molecule has 7 heteroatoms. The SMILES string of the molecule is Cc1ccc(NC(=O)c2ncn(C[C@@H](O)c3ccc(F)cc3)n2)cc1. The molecule has 0 saturated carbocycles. The van der Waals surface area contributed by atoms with Crippen LogP contribution in [-0.2, 0) is 6.54 Å². The average molecular weight is 340 g/mol. The number of aromatic nitrogens is 3. The van der Waals surface area contributed by atoms with Crippen molar-refractivity contribution in [1.82, 2.24) is 14.8 Å². The number of aliphatic hydroxyl groups excluding tert-OH is 1. The van der Waals surface area contributed by atoms with E-state index in [2.05, 4.69) is 15.4 Å². The summed E-state index contributed by atoms with van der Waals surface area (Å²) in [7, 11) is 0. The number of hydrogen-bond acceptors (Lipinski definition) is 4. The summed E-state index contributed by atoms with van der Waals surface area (Å²) in [5, 5.41) is 16.9. The summed E-state index contributed by atoms with van der Waals surface area (Å²) in [6, 6.07) is 12.9. The fourth-order valence-corrected chi connectivity index (χ4v) is 2.28. The van der Waals surface area contributed by atoms with Crippen molar-refractivity contribution >= 4 is 11.6 Å². The molecule has 0 radical (unpaired) electrons. The minimum Gasteiger partial charge on any atom is -0.386 e. The highest BCUT2D eigenvalue weighted by atomic mass is 19.1. The fourth-order valence-electron chi connectivity index (χ4n) is 2.28. The van der Waals surface area contributed by atoms with Gasteiger partial charge in [-0.15, -0.1) is 5.10 Å². The molecule has 0 spiro atoms. The number of aryl methyl sites for hydroxylation is 1. The molecular formula is C18H17FN4O2. The number of hydrogen-bond donors (Lipinski definition) is 2. The van der Waals surface area contributed by atoms with E-state index in [4.69, 9.17) is 0 Å². The Bertz CT molecular complexity index is 860. The van der Waals surface area contributed by atoms with E-state index in [0.717, 1.165) is 5.56 Å². The highest BCUT2D eigenvalue weighted by Gasteiger charge is 2.14. The molecule has 0 aliphatic carbocycles. The lowest BCUT2D eigenvalue weighted by Crippen LogP contribution is -2.15. The topological polar surface area (TPSA) is 80.0 Å². The van der Waals surface area contributed by atoms with E-state index in [1.165, 1.54) is 35.3 Å². The molecule has 25 heavy (non-hydrogen) atoms. The number of nitrogens with one attached hydrogen (secondary N) is 1. The van der Waals surface area contributed by atoms with Gasteiger partial charge in [0, 0.05) is 5.69 Å². The first-order chi connectivity index (χ1) is 12.0. The minimum absolute atomic E-state index is 0.00637. The van der Waals surface area contributed by atoms with Crippen molar-refractivity contribution in [2.24, 2.45) is 0 Å². The van der Waals surface area contributed by atoms with Gasteiger partial charge in [-0.1, -0.05) is 29.8 Å². The van der Waals surface area contributed by atoms with Crippen LogP contribution in [0, 0.1) is 12.7 Å². The lowest BCUT2D eigenvalue weighted by atomic mass is 10.1. The zero-order valence-corrected chi connectivity index (χ0v) is 13.6. The molecule has 3 aromatic rings. The highest BCUT2D eigenvalue weighted by Crippen LogP contribution is 2.15. The van der Waals surface area contributed by atoms with Crippen LogP contribution in [0.4, 0.5) is 10.1 Å². The zero-order chi connectivity index (χ0) is 17.8. The van der Waals surface area contributed by atoms with Crippen LogP contribution >= 0.6 is 0 Å². The number of amides is 1. The summed E-state index contributed by atoms with van der Waals surface area (Å²) in [4.78, 5) is 16.1. The zero-order valence-electron chi connectivity index (χ0n) is 13.6. The van der Waals surface area contributed by atoms with Crippen molar-refractivity contribution in [2.45, 2.75) is 19.6 Å². The molecule has 0 aliphatic rings. The molecule has 1 atom stereocenters. The number of anilines is 1. The summed E-state index contributed by atoms with van der Waals surface area (Å²) >= 11 is 0. The first-order valence-corrected chi connectivity index (χ1v) is 7.72. The Balaban J connectivity index is 1.64. The third-order valence-corrected chi connectivity index (χ3v) is 3.66. The molecule has 6 nitrogen and oxygen atoms in total. The van der Waals surface area contributed by atoms with E-state index in [9.17, 15) is 14.3 Å². The Morgan fingerprint density at radius 2 is 1.88 bits per heavy atom. The molecule has 0 fully saturated rings. The Hall–Kier alpha value is -3.06. The molecule has 3 rings (SSSR count). The normalized spacial score (nSPS) is 12.0. The van der Waals surface area contributed by atoms with Gasteiger partial charge in [0.25, 0.3) is 5.91 Å². The molecule has 0 bridgehead atoms. The standard InChI is InChI=1S/C18H17FN4O2/c1-12-2-8-15(9-3-12)21-18(25)17-20-11-23(22-17)10-16(24)13-4-6-14(19)7-5-13/h2-9,11,16,24H,10H2,1H3,(H,21,25)/t16-/m1/s1. The number of halogens is 1. The molecule has 2 aromatic carbocycles. The van der Waals surface area contributed by atoms with Gasteiger partial charge in [0.15, 0.2) is 0 Å². The summed E-state index contributed by atoms with van der Waals surface area (Å²) in [6.07, 6.45) is 0.492. The second-order valence-corrected chi connectivity index (χ2v) is 5.68. The monoisotopic (exact) mass is 340 g/mol. The van der Waals surface area contributed by atoms with E-state index in [1.807, 2.05) is 19.1 Å². The first-order valence-electron chi connectivity index (χ1n) is 7.72. The third-order valence-electron chi connectivity index (χ3n) is 3.66. The summed E-state index contributed by atoms with van der Waals surface area (Å²) in [5.74, 6) is -0.794. The maximum absolute atomic E-state index is 12.9. The molecule has 1 amide bonds. The van der Waals surface area contributed by atoms with Crippen molar-refractivity contribution in [3.63, 3.8) is 0 Å². The average Bonchev–Trinajstić information content (AvgIpc) is 3.06. The molecule has 0 unspecified atom stereocenters. The maximum atomic E-state index is 12.9. The van der Waals surface area contributed by atoms with Crippen LogP contribution in [0.5, 0.6) is 0 Å². The van der Waals surface area contributed by atoms with Crippen molar-refractivity contribution in [3.8, 4) is 0 Å². The van der Waals surface area contributed by atoms with Crippen LogP contribution in [0.15, 0.2) is 54.9 Å². The third kappa shape index (κ3) is 4.27. The van der Waals surface area contributed by atoms with Crippen molar-refractivity contribution in [1.29, 1.82) is 0 Å². The number of carbonyl (C=O) groups is 1. The highest BCUT2D eigenvalue weighted by molar-refractivity contribution is 6.01. The van der Waals surface area contributed by atoms with Gasteiger partial charge in [-0.3, -0.25) is 4.79 Å². The van der Waals surface area contributed by atoms with Gasteiger partial charge in [0.05, 0.1) is 12.6 Å². The van der Waals surface area contributed by atoms with E-state index in [0.29, 0.717) is 11.3 Å².